The second-order valence-electron chi connectivity index (χ2n) is 5.19. The van der Waals surface area contributed by atoms with Crippen LogP contribution < -0.4 is 5.32 Å². The molecule has 1 fully saturated rings. The standard InChI is InChI=1S/C13H21N3O2S/c1-8-12(19-9(2)15-8)6-14-13(18)16(3)7-11(17)10-4-5-10/h10-11,17H,4-7H2,1-3H3,(H,14,18). The molecular formula is C13H21N3O2S. The number of urea groups is 1. The quantitative estimate of drug-likeness (QED) is 0.864. The highest BCUT2D eigenvalue weighted by Gasteiger charge is 2.31. The van der Waals surface area contributed by atoms with Crippen molar-refractivity contribution in [2.24, 2.45) is 5.92 Å². The summed E-state index contributed by atoms with van der Waals surface area (Å²) < 4.78 is 0. The van der Waals surface area contributed by atoms with Gasteiger partial charge in [-0.25, -0.2) is 9.78 Å². The summed E-state index contributed by atoms with van der Waals surface area (Å²) in [5, 5.41) is 13.7. The number of hydrogen-bond acceptors (Lipinski definition) is 4. The van der Waals surface area contributed by atoms with E-state index in [1.54, 1.807) is 23.3 Å². The van der Waals surface area contributed by atoms with Crippen molar-refractivity contribution < 1.29 is 9.90 Å². The number of nitrogens with zero attached hydrogens (tertiary/aromatic N) is 2. The zero-order valence-corrected chi connectivity index (χ0v) is 12.5. The van der Waals surface area contributed by atoms with Crippen LogP contribution in [0, 0.1) is 19.8 Å². The average Bonchev–Trinajstić information content (AvgIpc) is 3.13. The molecule has 0 radical (unpaired) electrons. The number of thiazole rings is 1. The Morgan fingerprint density at radius 2 is 2.26 bits per heavy atom. The summed E-state index contributed by atoms with van der Waals surface area (Å²) in [6, 6.07) is -0.148. The Bertz CT molecular complexity index is 457. The molecule has 1 aromatic heterocycles. The van der Waals surface area contributed by atoms with Gasteiger partial charge in [0.1, 0.15) is 0 Å². The first-order chi connectivity index (χ1) is 8.97. The third-order valence-corrected chi connectivity index (χ3v) is 4.45. The van der Waals surface area contributed by atoms with Crippen molar-refractivity contribution >= 4 is 17.4 Å². The van der Waals surface area contributed by atoms with E-state index in [1.807, 2.05) is 13.8 Å². The molecule has 5 nitrogen and oxygen atoms in total. The minimum Gasteiger partial charge on any atom is -0.391 e. The van der Waals surface area contributed by atoms with Crippen molar-refractivity contribution in [1.29, 1.82) is 0 Å². The van der Waals surface area contributed by atoms with Gasteiger partial charge >= 0.3 is 6.03 Å². The molecular weight excluding hydrogens is 262 g/mol. The minimum absolute atomic E-state index is 0.148. The molecule has 0 bridgehead atoms. The molecule has 2 amide bonds. The molecule has 1 atom stereocenters. The SMILES string of the molecule is Cc1nc(C)c(CNC(=O)N(C)CC(O)C2CC2)s1. The van der Waals surface area contributed by atoms with E-state index in [0.717, 1.165) is 28.4 Å². The Kier molecular flexibility index (Phi) is 4.42. The lowest BCUT2D eigenvalue weighted by atomic mass is 10.2. The highest BCUT2D eigenvalue weighted by atomic mass is 32.1. The van der Waals surface area contributed by atoms with E-state index in [9.17, 15) is 9.90 Å². The molecule has 19 heavy (non-hydrogen) atoms. The van der Waals surface area contributed by atoms with Gasteiger partial charge in [-0.15, -0.1) is 11.3 Å². The summed E-state index contributed by atoms with van der Waals surface area (Å²) in [6.07, 6.45) is 1.77. The van der Waals surface area contributed by atoms with Gasteiger partial charge in [-0.2, -0.15) is 0 Å². The topological polar surface area (TPSA) is 65.5 Å². The Labute approximate surface area is 117 Å². The predicted molar refractivity (Wildman–Crippen MR) is 75.2 cm³/mol. The molecule has 0 aliphatic heterocycles. The summed E-state index contributed by atoms with van der Waals surface area (Å²) in [4.78, 5) is 18.9. The van der Waals surface area contributed by atoms with Gasteiger partial charge in [-0.3, -0.25) is 0 Å². The number of nitrogens with one attached hydrogen (secondary N) is 1. The van der Waals surface area contributed by atoms with Crippen molar-refractivity contribution in [1.82, 2.24) is 15.2 Å². The highest BCUT2D eigenvalue weighted by molar-refractivity contribution is 7.11. The van der Waals surface area contributed by atoms with E-state index in [1.165, 1.54) is 0 Å². The normalized spacial score (nSPS) is 16.2. The van der Waals surface area contributed by atoms with Gasteiger partial charge in [-0.05, 0) is 32.6 Å². The van der Waals surface area contributed by atoms with Crippen molar-refractivity contribution in [3.63, 3.8) is 0 Å². The summed E-state index contributed by atoms with van der Waals surface area (Å²) in [5.41, 5.74) is 0.975. The Hall–Kier alpha value is -1.14. The van der Waals surface area contributed by atoms with Gasteiger partial charge < -0.3 is 15.3 Å². The number of aromatic nitrogens is 1. The zero-order chi connectivity index (χ0) is 14.0. The van der Waals surface area contributed by atoms with E-state index < -0.39 is 0 Å². The number of aliphatic hydroxyl groups is 1. The fourth-order valence-electron chi connectivity index (χ4n) is 2.02. The fourth-order valence-corrected chi connectivity index (χ4v) is 2.90. The van der Waals surface area contributed by atoms with E-state index in [2.05, 4.69) is 10.3 Å². The second-order valence-corrected chi connectivity index (χ2v) is 6.47. The molecule has 1 unspecified atom stereocenters. The molecule has 1 aromatic rings. The summed E-state index contributed by atoms with van der Waals surface area (Å²) in [7, 11) is 1.71. The van der Waals surface area contributed by atoms with Crippen molar-refractivity contribution in [3.05, 3.63) is 15.6 Å². The summed E-state index contributed by atoms with van der Waals surface area (Å²) in [5.74, 6) is 0.390. The van der Waals surface area contributed by atoms with Gasteiger partial charge in [0.15, 0.2) is 0 Å². The van der Waals surface area contributed by atoms with Gasteiger partial charge in [-0.1, -0.05) is 0 Å². The van der Waals surface area contributed by atoms with Gasteiger partial charge in [0.2, 0.25) is 0 Å². The largest absolute Gasteiger partial charge is 0.391 e. The first-order valence-electron chi connectivity index (χ1n) is 6.57. The van der Waals surface area contributed by atoms with Crippen LogP contribution in [0.4, 0.5) is 4.79 Å². The maximum Gasteiger partial charge on any atom is 0.317 e. The number of carbonyl (C=O) groups is 1. The molecule has 0 aromatic carbocycles. The first-order valence-corrected chi connectivity index (χ1v) is 7.39. The van der Waals surface area contributed by atoms with Crippen LogP contribution in [0.25, 0.3) is 0 Å². The lowest BCUT2D eigenvalue weighted by Crippen LogP contribution is -2.41. The van der Waals surface area contributed by atoms with Crippen LogP contribution in [0.2, 0.25) is 0 Å². The summed E-state index contributed by atoms with van der Waals surface area (Å²) >= 11 is 1.60. The molecule has 6 heteroatoms. The van der Waals surface area contributed by atoms with E-state index in [4.69, 9.17) is 0 Å². The van der Waals surface area contributed by atoms with Gasteiger partial charge in [0, 0.05) is 18.5 Å². The molecule has 0 spiro atoms. The van der Waals surface area contributed by atoms with Gasteiger partial charge in [0.25, 0.3) is 0 Å². The maximum atomic E-state index is 11.9. The lowest BCUT2D eigenvalue weighted by molar-refractivity contribution is 0.113. The third kappa shape index (κ3) is 3.91. The number of likely N-dealkylation sites (N-methyl/N-ethyl adjacent to an activating group) is 1. The van der Waals surface area contributed by atoms with Crippen molar-refractivity contribution in [3.8, 4) is 0 Å². The zero-order valence-electron chi connectivity index (χ0n) is 11.6. The van der Waals surface area contributed by atoms with Crippen LogP contribution in [-0.4, -0.2) is 40.7 Å². The highest BCUT2D eigenvalue weighted by Crippen LogP contribution is 2.32. The number of carbonyl (C=O) groups excluding carboxylic acids is 1. The third-order valence-electron chi connectivity index (χ3n) is 3.37. The molecule has 2 N–H and O–H groups in total. The number of aliphatic hydroxyl groups excluding tert-OH is 1. The van der Waals surface area contributed by atoms with E-state index in [0.29, 0.717) is 19.0 Å². The average molecular weight is 283 g/mol. The number of hydrogen-bond donors (Lipinski definition) is 2. The molecule has 1 aliphatic carbocycles. The van der Waals surface area contributed by atoms with Crippen molar-refractivity contribution in [2.75, 3.05) is 13.6 Å². The number of rotatable bonds is 5. The number of amides is 2. The molecule has 0 saturated heterocycles. The Morgan fingerprint density at radius 3 is 2.79 bits per heavy atom. The first kappa shape index (κ1) is 14.3. The summed E-state index contributed by atoms with van der Waals surface area (Å²) in [6.45, 7) is 4.81. The van der Waals surface area contributed by atoms with E-state index >= 15 is 0 Å². The van der Waals surface area contributed by atoms with Crippen LogP contribution in [0.15, 0.2) is 0 Å². The number of aryl methyl sites for hydroxylation is 2. The van der Waals surface area contributed by atoms with Gasteiger partial charge in [0.05, 0.1) is 23.4 Å². The van der Waals surface area contributed by atoms with Crippen molar-refractivity contribution in [2.45, 2.75) is 39.3 Å². The van der Waals surface area contributed by atoms with Crippen LogP contribution in [0.5, 0.6) is 0 Å². The Morgan fingerprint density at radius 1 is 1.58 bits per heavy atom. The van der Waals surface area contributed by atoms with Crippen LogP contribution in [0.3, 0.4) is 0 Å². The molecule has 106 valence electrons. The monoisotopic (exact) mass is 283 g/mol. The smallest absolute Gasteiger partial charge is 0.317 e. The molecule has 1 saturated carbocycles. The second kappa shape index (κ2) is 5.88. The molecule has 2 rings (SSSR count). The molecule has 1 aliphatic rings. The Balaban J connectivity index is 1.78. The molecule has 1 heterocycles. The predicted octanol–water partition coefficient (Wildman–Crippen LogP) is 1.67. The minimum atomic E-state index is -0.386. The van der Waals surface area contributed by atoms with Crippen LogP contribution in [0.1, 0.15) is 28.4 Å². The lowest BCUT2D eigenvalue weighted by Gasteiger charge is -2.21. The van der Waals surface area contributed by atoms with E-state index in [-0.39, 0.29) is 12.1 Å². The maximum absolute atomic E-state index is 11.9. The van der Waals surface area contributed by atoms with Crippen LogP contribution in [-0.2, 0) is 6.54 Å². The fraction of sp³-hybridized carbons (Fsp3) is 0.692. The van der Waals surface area contributed by atoms with Crippen LogP contribution >= 0.6 is 11.3 Å².